The van der Waals surface area contributed by atoms with Gasteiger partial charge in [0.15, 0.2) is 0 Å². The van der Waals surface area contributed by atoms with Crippen LogP contribution in [0.25, 0.3) is 0 Å². The average Bonchev–Trinajstić information content (AvgIpc) is 3.28. The van der Waals surface area contributed by atoms with Crippen molar-refractivity contribution in [2.75, 3.05) is 26.2 Å². The van der Waals surface area contributed by atoms with Crippen molar-refractivity contribution in [3.05, 3.63) is 52.2 Å². The van der Waals surface area contributed by atoms with Crippen molar-refractivity contribution < 1.29 is 14.3 Å². The molecule has 31 heavy (non-hydrogen) atoms. The van der Waals surface area contributed by atoms with Gasteiger partial charge in [0.25, 0.3) is 0 Å². The second kappa shape index (κ2) is 9.43. The van der Waals surface area contributed by atoms with Crippen molar-refractivity contribution in [3.63, 3.8) is 0 Å². The maximum Gasteiger partial charge on any atom is 0.227 e. The van der Waals surface area contributed by atoms with Crippen molar-refractivity contribution in [2.45, 2.75) is 57.5 Å². The normalized spacial score (nSPS) is 19.5. The molecule has 0 N–H and O–H groups in total. The molecule has 0 radical (unpaired) electrons. The summed E-state index contributed by atoms with van der Waals surface area (Å²) in [7, 11) is 0. The standard InChI is InChI=1S/C25H32N2O3S/c1-3-26(4-2)24(29)16-20-17-25(30-22-8-6-5-7-21(20)22)10-12-27(13-11-25)23(28)15-19-9-14-31-18-19/h5-9,14,18,20H,3-4,10-13,15-17H2,1-2H3/t20-/m0/s1. The summed E-state index contributed by atoms with van der Waals surface area (Å²) >= 11 is 1.63. The minimum atomic E-state index is -0.290. The molecule has 0 bridgehead atoms. The van der Waals surface area contributed by atoms with E-state index in [0.29, 0.717) is 25.9 Å². The third kappa shape index (κ3) is 4.79. The largest absolute Gasteiger partial charge is 0.487 e. The highest BCUT2D eigenvalue weighted by Crippen LogP contribution is 2.46. The zero-order chi connectivity index (χ0) is 21.8. The lowest BCUT2D eigenvalue weighted by atomic mass is 9.76. The number of hydrogen-bond acceptors (Lipinski definition) is 4. The van der Waals surface area contributed by atoms with Crippen LogP contribution in [0, 0.1) is 0 Å². The summed E-state index contributed by atoms with van der Waals surface area (Å²) < 4.78 is 6.56. The fourth-order valence-corrected chi connectivity index (χ4v) is 5.66. The lowest BCUT2D eigenvalue weighted by Crippen LogP contribution is -2.52. The molecule has 3 heterocycles. The number of hydrogen-bond donors (Lipinski definition) is 0. The van der Waals surface area contributed by atoms with Gasteiger partial charge in [-0.15, -0.1) is 0 Å². The minimum absolute atomic E-state index is 0.158. The summed E-state index contributed by atoms with van der Waals surface area (Å²) in [4.78, 5) is 29.5. The van der Waals surface area contributed by atoms with Gasteiger partial charge in [-0.2, -0.15) is 11.3 Å². The maximum atomic E-state index is 12.9. The van der Waals surface area contributed by atoms with Crippen LogP contribution in [0.4, 0.5) is 0 Å². The van der Waals surface area contributed by atoms with E-state index in [9.17, 15) is 9.59 Å². The van der Waals surface area contributed by atoms with E-state index in [4.69, 9.17) is 4.74 Å². The van der Waals surface area contributed by atoms with Crippen molar-refractivity contribution >= 4 is 23.2 Å². The maximum absolute atomic E-state index is 12.9. The van der Waals surface area contributed by atoms with Gasteiger partial charge >= 0.3 is 0 Å². The number of rotatable bonds is 6. The number of thiophene rings is 1. The number of fused-ring (bicyclic) bond motifs is 1. The monoisotopic (exact) mass is 440 g/mol. The van der Waals surface area contributed by atoms with Crippen LogP contribution in [-0.4, -0.2) is 53.4 Å². The van der Waals surface area contributed by atoms with Crippen LogP contribution in [0.3, 0.4) is 0 Å². The molecule has 0 aliphatic carbocycles. The molecule has 2 aliphatic heterocycles. The molecule has 1 aromatic carbocycles. The average molecular weight is 441 g/mol. The van der Waals surface area contributed by atoms with Gasteiger partial charge in [0.2, 0.25) is 11.8 Å². The smallest absolute Gasteiger partial charge is 0.227 e. The first-order valence-electron chi connectivity index (χ1n) is 11.4. The van der Waals surface area contributed by atoms with Crippen molar-refractivity contribution in [3.8, 4) is 5.75 Å². The quantitative estimate of drug-likeness (QED) is 0.666. The van der Waals surface area contributed by atoms with E-state index in [1.165, 1.54) is 0 Å². The summed E-state index contributed by atoms with van der Waals surface area (Å²) in [5.41, 5.74) is 1.94. The van der Waals surface area contributed by atoms with Gasteiger partial charge in [-0.25, -0.2) is 0 Å². The third-order valence-electron chi connectivity index (χ3n) is 6.80. The number of amides is 2. The molecule has 2 aromatic rings. The molecule has 5 nitrogen and oxygen atoms in total. The predicted molar refractivity (Wildman–Crippen MR) is 124 cm³/mol. The van der Waals surface area contributed by atoms with Crippen LogP contribution in [0.5, 0.6) is 5.75 Å². The molecule has 1 aromatic heterocycles. The van der Waals surface area contributed by atoms with Gasteiger partial charge in [0, 0.05) is 51.4 Å². The third-order valence-corrected chi connectivity index (χ3v) is 7.54. The van der Waals surface area contributed by atoms with Gasteiger partial charge in [-0.1, -0.05) is 18.2 Å². The summed E-state index contributed by atoms with van der Waals surface area (Å²) in [6.07, 6.45) is 3.45. The summed E-state index contributed by atoms with van der Waals surface area (Å²) in [6, 6.07) is 10.2. The Balaban J connectivity index is 1.46. The van der Waals surface area contributed by atoms with Crippen molar-refractivity contribution in [1.82, 2.24) is 9.80 Å². The Labute approximate surface area is 189 Å². The van der Waals surface area contributed by atoms with Crippen molar-refractivity contribution in [1.29, 1.82) is 0 Å². The predicted octanol–water partition coefficient (Wildman–Crippen LogP) is 4.48. The van der Waals surface area contributed by atoms with E-state index in [-0.39, 0.29) is 23.3 Å². The number of para-hydroxylation sites is 1. The second-order valence-electron chi connectivity index (χ2n) is 8.68. The Morgan fingerprint density at radius 3 is 2.58 bits per heavy atom. The van der Waals surface area contributed by atoms with Gasteiger partial charge < -0.3 is 14.5 Å². The molecule has 6 heteroatoms. The van der Waals surface area contributed by atoms with Crippen LogP contribution in [0.2, 0.25) is 0 Å². The van der Waals surface area contributed by atoms with Gasteiger partial charge in [0.1, 0.15) is 11.4 Å². The highest BCUT2D eigenvalue weighted by atomic mass is 32.1. The summed E-state index contributed by atoms with van der Waals surface area (Å²) in [6.45, 7) is 6.97. The van der Waals surface area contributed by atoms with E-state index in [1.807, 2.05) is 58.7 Å². The number of carbonyl (C=O) groups excluding carboxylic acids is 2. The number of nitrogens with zero attached hydrogens (tertiary/aromatic N) is 2. The molecular formula is C25H32N2O3S. The van der Waals surface area contributed by atoms with E-state index < -0.39 is 0 Å². The molecule has 2 aliphatic rings. The van der Waals surface area contributed by atoms with Gasteiger partial charge in [0.05, 0.1) is 6.42 Å². The Hall–Kier alpha value is -2.34. The Bertz CT molecular complexity index is 899. The minimum Gasteiger partial charge on any atom is -0.487 e. The Morgan fingerprint density at radius 1 is 1.16 bits per heavy atom. The molecule has 2 amide bonds. The number of ether oxygens (including phenoxy) is 1. The van der Waals surface area contributed by atoms with E-state index >= 15 is 0 Å². The molecule has 1 atom stereocenters. The second-order valence-corrected chi connectivity index (χ2v) is 9.46. The van der Waals surface area contributed by atoms with Crippen LogP contribution < -0.4 is 4.74 Å². The van der Waals surface area contributed by atoms with Crippen LogP contribution in [0.1, 0.15) is 56.6 Å². The number of piperidine rings is 1. The summed E-state index contributed by atoms with van der Waals surface area (Å²) in [5, 5.41) is 4.06. The lowest BCUT2D eigenvalue weighted by Gasteiger charge is -2.47. The van der Waals surface area contributed by atoms with Crippen LogP contribution in [0.15, 0.2) is 41.1 Å². The Kier molecular flexibility index (Phi) is 6.65. The molecule has 0 saturated carbocycles. The van der Waals surface area contributed by atoms with Crippen molar-refractivity contribution in [2.24, 2.45) is 0 Å². The zero-order valence-corrected chi connectivity index (χ0v) is 19.3. The molecule has 0 unspecified atom stereocenters. The number of carbonyl (C=O) groups is 2. The van der Waals surface area contributed by atoms with Crippen LogP contribution in [-0.2, 0) is 16.0 Å². The molecule has 1 saturated heterocycles. The first-order valence-corrected chi connectivity index (χ1v) is 12.3. The van der Waals surface area contributed by atoms with Gasteiger partial charge in [-0.05, 0) is 54.3 Å². The lowest BCUT2D eigenvalue weighted by molar-refractivity contribution is -0.134. The van der Waals surface area contributed by atoms with Crippen LogP contribution >= 0.6 is 11.3 Å². The highest BCUT2D eigenvalue weighted by Gasteiger charge is 2.44. The van der Waals surface area contributed by atoms with E-state index in [1.54, 1.807) is 11.3 Å². The number of likely N-dealkylation sites (tertiary alicyclic amines) is 1. The molecule has 1 spiro atoms. The zero-order valence-electron chi connectivity index (χ0n) is 18.5. The first kappa shape index (κ1) is 21.9. The van der Waals surface area contributed by atoms with Gasteiger partial charge in [-0.3, -0.25) is 9.59 Å². The first-order chi connectivity index (χ1) is 15.0. The summed E-state index contributed by atoms with van der Waals surface area (Å²) in [5.74, 6) is 1.47. The SMILES string of the molecule is CCN(CC)C(=O)C[C@H]1CC2(CCN(C(=O)Cc3ccsc3)CC2)Oc2ccccc21. The Morgan fingerprint density at radius 2 is 1.90 bits per heavy atom. The highest BCUT2D eigenvalue weighted by molar-refractivity contribution is 7.08. The molecule has 166 valence electrons. The molecular weight excluding hydrogens is 408 g/mol. The topological polar surface area (TPSA) is 49.9 Å². The fourth-order valence-electron chi connectivity index (χ4n) is 4.99. The van der Waals surface area contributed by atoms with E-state index in [0.717, 1.165) is 49.2 Å². The number of benzene rings is 1. The fraction of sp³-hybridized carbons (Fsp3) is 0.520. The molecule has 1 fully saturated rings. The van der Waals surface area contributed by atoms with E-state index in [2.05, 4.69) is 6.07 Å². The molecule has 4 rings (SSSR count).